The van der Waals surface area contributed by atoms with Gasteiger partial charge in [-0.1, -0.05) is 0 Å². The molecule has 0 aliphatic carbocycles. The lowest BCUT2D eigenvalue weighted by molar-refractivity contribution is -0.120. The number of hydrogen-bond donors (Lipinski definition) is 2. The van der Waals surface area contributed by atoms with Gasteiger partial charge >= 0.3 is 0 Å². The molecule has 1 aromatic carbocycles. The van der Waals surface area contributed by atoms with Gasteiger partial charge in [-0.3, -0.25) is 4.79 Å². The molecular weight excluding hydrogens is 250 g/mol. The normalized spacial score (nSPS) is 12.6. The van der Waals surface area contributed by atoms with Gasteiger partial charge in [0.1, 0.15) is 11.6 Å². The molecule has 1 unspecified atom stereocenters. The summed E-state index contributed by atoms with van der Waals surface area (Å²) < 4.78 is 27.1. The van der Waals surface area contributed by atoms with Crippen molar-refractivity contribution in [3.05, 3.63) is 34.9 Å². The molecule has 0 saturated heterocycles. The Morgan fingerprint density at radius 3 is 2.42 bits per heavy atom. The van der Waals surface area contributed by atoms with E-state index in [1.54, 1.807) is 6.92 Å². The number of rotatable bonds is 5. The van der Waals surface area contributed by atoms with Crippen LogP contribution in [-0.2, 0) is 4.79 Å². The summed E-state index contributed by atoms with van der Waals surface area (Å²) in [7, 11) is 0. The predicted molar refractivity (Wildman–Crippen MR) is 70.8 cm³/mol. The van der Waals surface area contributed by atoms with Crippen molar-refractivity contribution in [1.82, 2.24) is 10.6 Å². The van der Waals surface area contributed by atoms with Gasteiger partial charge in [-0.25, -0.2) is 8.78 Å². The van der Waals surface area contributed by atoms with E-state index in [4.69, 9.17) is 0 Å². The molecule has 106 valence electrons. The zero-order valence-electron chi connectivity index (χ0n) is 11.7. The summed E-state index contributed by atoms with van der Waals surface area (Å²) in [6, 6.07) is 1.95. The van der Waals surface area contributed by atoms with Crippen molar-refractivity contribution >= 4 is 5.91 Å². The number of carbonyl (C=O) groups excluding carboxylic acids is 1. The maximum atomic E-state index is 13.7. The zero-order valence-corrected chi connectivity index (χ0v) is 11.7. The Morgan fingerprint density at radius 1 is 1.21 bits per heavy atom. The van der Waals surface area contributed by atoms with Crippen LogP contribution in [0.5, 0.6) is 0 Å². The molecule has 5 heteroatoms. The lowest BCUT2D eigenvalue weighted by Crippen LogP contribution is -2.38. The molecule has 0 aliphatic heterocycles. The van der Waals surface area contributed by atoms with Gasteiger partial charge < -0.3 is 10.6 Å². The van der Waals surface area contributed by atoms with Crippen LogP contribution in [0.3, 0.4) is 0 Å². The molecule has 19 heavy (non-hydrogen) atoms. The van der Waals surface area contributed by atoms with Crippen LogP contribution in [0.2, 0.25) is 0 Å². The summed E-state index contributed by atoms with van der Waals surface area (Å²) in [5, 5.41) is 5.59. The molecule has 0 aliphatic rings. The summed E-state index contributed by atoms with van der Waals surface area (Å²) in [5.74, 6) is -1.09. The lowest BCUT2D eigenvalue weighted by atomic mass is 10.1. The highest BCUT2D eigenvalue weighted by Gasteiger charge is 2.14. The van der Waals surface area contributed by atoms with Crippen molar-refractivity contribution in [2.45, 2.75) is 39.8 Å². The smallest absolute Gasteiger partial charge is 0.234 e. The second-order valence-electron chi connectivity index (χ2n) is 4.95. The Labute approximate surface area is 112 Å². The molecular formula is C14H20F2N2O. The molecule has 0 saturated carbocycles. The minimum atomic E-state index is -0.469. The van der Waals surface area contributed by atoms with Gasteiger partial charge in [-0.05, 0) is 45.4 Å². The fourth-order valence-corrected chi connectivity index (χ4v) is 1.72. The van der Waals surface area contributed by atoms with Crippen LogP contribution in [0.15, 0.2) is 12.1 Å². The summed E-state index contributed by atoms with van der Waals surface area (Å²) >= 11 is 0. The van der Waals surface area contributed by atoms with Gasteiger partial charge in [0.25, 0.3) is 0 Å². The van der Waals surface area contributed by atoms with Gasteiger partial charge in [0.2, 0.25) is 5.91 Å². The Bertz CT molecular complexity index is 461. The second-order valence-corrected chi connectivity index (χ2v) is 4.95. The van der Waals surface area contributed by atoms with E-state index in [1.807, 2.05) is 13.8 Å². The molecule has 1 amide bonds. The van der Waals surface area contributed by atoms with Gasteiger partial charge in [-0.2, -0.15) is 0 Å². The van der Waals surface area contributed by atoms with Crippen LogP contribution in [0.25, 0.3) is 0 Å². The number of amides is 1. The zero-order chi connectivity index (χ0) is 14.6. The molecule has 0 radical (unpaired) electrons. The minimum absolute atomic E-state index is 0.0539. The second kappa shape index (κ2) is 6.61. The van der Waals surface area contributed by atoms with Crippen molar-refractivity contribution in [2.75, 3.05) is 6.54 Å². The van der Waals surface area contributed by atoms with E-state index >= 15 is 0 Å². The topological polar surface area (TPSA) is 41.1 Å². The maximum absolute atomic E-state index is 13.7. The summed E-state index contributed by atoms with van der Waals surface area (Å²) in [6.07, 6.45) is 0. The van der Waals surface area contributed by atoms with Crippen molar-refractivity contribution < 1.29 is 13.6 Å². The van der Waals surface area contributed by atoms with Gasteiger partial charge in [0.05, 0.1) is 6.54 Å². The average molecular weight is 270 g/mol. The molecule has 0 heterocycles. The molecule has 2 N–H and O–H groups in total. The first-order chi connectivity index (χ1) is 8.81. The quantitative estimate of drug-likeness (QED) is 0.863. The van der Waals surface area contributed by atoms with Crippen molar-refractivity contribution in [3.8, 4) is 0 Å². The van der Waals surface area contributed by atoms with Crippen LogP contribution < -0.4 is 10.6 Å². The molecule has 1 rings (SSSR count). The number of halogens is 2. The lowest BCUT2D eigenvalue weighted by Gasteiger charge is -2.16. The molecule has 0 spiro atoms. The van der Waals surface area contributed by atoms with Gasteiger partial charge in [0.15, 0.2) is 0 Å². The fraction of sp³-hybridized carbons (Fsp3) is 0.500. The number of aryl methyl sites for hydroxylation is 1. The van der Waals surface area contributed by atoms with Crippen LogP contribution in [0.1, 0.15) is 37.9 Å². The maximum Gasteiger partial charge on any atom is 0.234 e. The summed E-state index contributed by atoms with van der Waals surface area (Å²) in [4.78, 5) is 11.5. The van der Waals surface area contributed by atoms with Gasteiger partial charge in [0, 0.05) is 17.6 Å². The van der Waals surface area contributed by atoms with E-state index < -0.39 is 17.7 Å². The standard InChI is InChI=1S/C14H20F2N2O/c1-8(2)18-14(19)7-17-10(4)11-6-12(15)9(3)5-13(11)16/h5-6,8,10,17H,7H2,1-4H3,(H,18,19). The van der Waals surface area contributed by atoms with Crippen LogP contribution in [-0.4, -0.2) is 18.5 Å². The van der Waals surface area contributed by atoms with Crippen molar-refractivity contribution in [3.63, 3.8) is 0 Å². The first kappa shape index (κ1) is 15.6. The minimum Gasteiger partial charge on any atom is -0.353 e. The highest BCUT2D eigenvalue weighted by atomic mass is 19.1. The van der Waals surface area contributed by atoms with E-state index in [1.165, 1.54) is 13.0 Å². The third kappa shape index (κ3) is 4.59. The van der Waals surface area contributed by atoms with Crippen molar-refractivity contribution in [2.24, 2.45) is 0 Å². The predicted octanol–water partition coefficient (Wildman–Crippen LogP) is 2.45. The molecule has 1 atom stereocenters. The average Bonchev–Trinajstić information content (AvgIpc) is 2.30. The fourth-order valence-electron chi connectivity index (χ4n) is 1.72. The Morgan fingerprint density at radius 2 is 1.84 bits per heavy atom. The van der Waals surface area contributed by atoms with Crippen LogP contribution in [0, 0.1) is 18.6 Å². The van der Waals surface area contributed by atoms with E-state index in [0.29, 0.717) is 0 Å². The Balaban J connectivity index is 2.66. The first-order valence-corrected chi connectivity index (χ1v) is 6.29. The third-order valence-corrected chi connectivity index (χ3v) is 2.76. The van der Waals surface area contributed by atoms with Crippen LogP contribution >= 0.6 is 0 Å². The number of carbonyl (C=O) groups is 1. The monoisotopic (exact) mass is 270 g/mol. The van der Waals surface area contributed by atoms with E-state index in [0.717, 1.165) is 6.07 Å². The Kier molecular flexibility index (Phi) is 5.42. The number of nitrogens with one attached hydrogen (secondary N) is 2. The largest absolute Gasteiger partial charge is 0.353 e. The molecule has 0 fully saturated rings. The van der Waals surface area contributed by atoms with Crippen molar-refractivity contribution in [1.29, 1.82) is 0 Å². The molecule has 0 aromatic heterocycles. The van der Waals surface area contributed by atoms with E-state index in [-0.39, 0.29) is 29.6 Å². The highest BCUT2D eigenvalue weighted by molar-refractivity contribution is 5.78. The molecule has 3 nitrogen and oxygen atoms in total. The van der Waals surface area contributed by atoms with E-state index in [2.05, 4.69) is 10.6 Å². The van der Waals surface area contributed by atoms with Gasteiger partial charge in [-0.15, -0.1) is 0 Å². The highest BCUT2D eigenvalue weighted by Crippen LogP contribution is 2.20. The summed E-state index contributed by atoms with van der Waals surface area (Å²) in [5.41, 5.74) is 0.492. The SMILES string of the molecule is Cc1cc(F)c(C(C)NCC(=O)NC(C)C)cc1F. The third-order valence-electron chi connectivity index (χ3n) is 2.76. The summed E-state index contributed by atoms with van der Waals surface area (Å²) in [6.45, 7) is 6.98. The first-order valence-electron chi connectivity index (χ1n) is 6.29. The van der Waals surface area contributed by atoms with E-state index in [9.17, 15) is 13.6 Å². The molecule has 1 aromatic rings. The Hall–Kier alpha value is -1.49. The number of hydrogen-bond acceptors (Lipinski definition) is 2. The number of benzene rings is 1. The van der Waals surface area contributed by atoms with Crippen LogP contribution in [0.4, 0.5) is 8.78 Å². The molecule has 0 bridgehead atoms.